The number of amides is 1. The van der Waals surface area contributed by atoms with Crippen LogP contribution in [0.4, 0.5) is 5.82 Å². The summed E-state index contributed by atoms with van der Waals surface area (Å²) in [7, 11) is 1.73. The molecule has 0 aliphatic rings. The molecule has 1 N–H and O–H groups in total. The van der Waals surface area contributed by atoms with E-state index in [2.05, 4.69) is 31.0 Å². The molecule has 2 aromatic heterocycles. The third-order valence-corrected chi connectivity index (χ3v) is 4.47. The van der Waals surface area contributed by atoms with Gasteiger partial charge in [-0.1, -0.05) is 41.6 Å². The first kappa shape index (κ1) is 23.0. The number of carbonyl (C=O) groups is 1. The molecule has 1 amide bonds. The van der Waals surface area contributed by atoms with Crippen LogP contribution in [-0.4, -0.2) is 50.0 Å². The number of hydrogen-bond acceptors (Lipinski definition) is 8. The molecule has 10 nitrogen and oxygen atoms in total. The van der Waals surface area contributed by atoms with Crippen LogP contribution in [0, 0.1) is 0 Å². The van der Waals surface area contributed by atoms with Crippen LogP contribution in [0.2, 0.25) is 0 Å². The molecular formula is C22H27N7O3. The van der Waals surface area contributed by atoms with E-state index in [1.165, 1.54) is 4.68 Å². The minimum atomic E-state index is -0.0776. The highest BCUT2D eigenvalue weighted by Crippen LogP contribution is 2.11. The van der Waals surface area contributed by atoms with Crippen molar-refractivity contribution >= 4 is 17.4 Å². The number of carbonyl (C=O) groups excluding carboxylic acids is 1. The summed E-state index contributed by atoms with van der Waals surface area (Å²) < 4.78 is 6.81. The fourth-order valence-electron chi connectivity index (χ4n) is 2.88. The molecule has 0 atom stereocenters. The first-order valence-electron chi connectivity index (χ1n) is 10.5. The number of aryl methyl sites for hydroxylation is 1. The lowest BCUT2D eigenvalue weighted by atomic mass is 10.1. The minimum absolute atomic E-state index is 0.0776. The highest BCUT2D eigenvalue weighted by molar-refractivity contribution is 6.10. The molecule has 3 aromatic rings. The van der Waals surface area contributed by atoms with Crippen LogP contribution in [0.25, 0.3) is 0 Å². The SMILES string of the molecule is CCOCCCCC(=O)Nc1cccc(CO/N=C(/c2ccccc2)c2nnnn2C)n1. The minimum Gasteiger partial charge on any atom is -0.389 e. The third kappa shape index (κ3) is 6.95. The van der Waals surface area contributed by atoms with E-state index in [1.54, 1.807) is 19.2 Å². The van der Waals surface area contributed by atoms with Crippen LogP contribution in [0.1, 0.15) is 43.3 Å². The maximum absolute atomic E-state index is 12.1. The largest absolute Gasteiger partial charge is 0.389 e. The normalized spacial score (nSPS) is 11.4. The van der Waals surface area contributed by atoms with E-state index in [0.29, 0.717) is 42.7 Å². The summed E-state index contributed by atoms with van der Waals surface area (Å²) in [5.74, 6) is 0.881. The van der Waals surface area contributed by atoms with Crippen LogP contribution < -0.4 is 5.32 Å². The predicted octanol–water partition coefficient (Wildman–Crippen LogP) is 2.72. The van der Waals surface area contributed by atoms with E-state index in [0.717, 1.165) is 18.4 Å². The van der Waals surface area contributed by atoms with Crippen molar-refractivity contribution in [2.24, 2.45) is 12.2 Å². The lowest BCUT2D eigenvalue weighted by molar-refractivity contribution is -0.116. The molecule has 0 saturated heterocycles. The highest BCUT2D eigenvalue weighted by Gasteiger charge is 2.15. The summed E-state index contributed by atoms with van der Waals surface area (Å²) in [6.45, 7) is 3.44. The van der Waals surface area contributed by atoms with Crippen molar-refractivity contribution in [3.05, 3.63) is 65.6 Å². The van der Waals surface area contributed by atoms with Gasteiger partial charge in [-0.25, -0.2) is 9.67 Å². The number of aromatic nitrogens is 5. The standard InChI is InChI=1S/C22H27N7O3/c1-3-31-15-8-7-14-20(30)24-19-13-9-12-18(23-19)16-32-26-21(17-10-5-4-6-11-17)22-25-27-28-29(22)2/h4-6,9-13H,3,7-8,14-16H2,1-2H3,(H,23,24,30)/b26-21-. The molecule has 2 heterocycles. The summed E-state index contributed by atoms with van der Waals surface area (Å²) in [5, 5.41) is 18.6. The first-order chi connectivity index (χ1) is 15.7. The Morgan fingerprint density at radius 1 is 1.12 bits per heavy atom. The quantitative estimate of drug-likeness (QED) is 0.263. The molecule has 0 aliphatic carbocycles. The van der Waals surface area contributed by atoms with Gasteiger partial charge < -0.3 is 14.9 Å². The Bertz CT molecular complexity index is 1020. The number of anilines is 1. The zero-order valence-electron chi connectivity index (χ0n) is 18.3. The van der Waals surface area contributed by atoms with Gasteiger partial charge in [0.25, 0.3) is 0 Å². The number of benzene rings is 1. The summed E-state index contributed by atoms with van der Waals surface area (Å²) in [6, 6.07) is 14.9. The van der Waals surface area contributed by atoms with E-state index in [-0.39, 0.29) is 12.5 Å². The number of hydrogen-bond donors (Lipinski definition) is 1. The van der Waals surface area contributed by atoms with Gasteiger partial charge in [0.1, 0.15) is 5.82 Å². The highest BCUT2D eigenvalue weighted by atomic mass is 16.6. The fraction of sp³-hybridized carbons (Fsp3) is 0.364. The molecule has 1 aromatic carbocycles. The van der Waals surface area contributed by atoms with Crippen molar-refractivity contribution in [3.8, 4) is 0 Å². The summed E-state index contributed by atoms with van der Waals surface area (Å²) >= 11 is 0. The number of tetrazole rings is 1. The molecule has 0 spiro atoms. The van der Waals surface area contributed by atoms with Crippen LogP contribution in [0.5, 0.6) is 0 Å². The van der Waals surface area contributed by atoms with Gasteiger partial charge in [-0.05, 0) is 42.3 Å². The number of nitrogens with zero attached hydrogens (tertiary/aromatic N) is 6. The molecule has 10 heteroatoms. The molecule has 32 heavy (non-hydrogen) atoms. The molecule has 0 radical (unpaired) electrons. The summed E-state index contributed by atoms with van der Waals surface area (Å²) in [6.07, 6.45) is 2.04. The average Bonchev–Trinajstić information content (AvgIpc) is 3.23. The molecule has 0 saturated carbocycles. The van der Waals surface area contributed by atoms with E-state index < -0.39 is 0 Å². The van der Waals surface area contributed by atoms with Gasteiger partial charge in [0.15, 0.2) is 12.3 Å². The molecular weight excluding hydrogens is 410 g/mol. The Morgan fingerprint density at radius 2 is 1.97 bits per heavy atom. The van der Waals surface area contributed by atoms with Crippen LogP contribution in [0.15, 0.2) is 53.7 Å². The number of rotatable bonds is 12. The fourth-order valence-corrected chi connectivity index (χ4v) is 2.88. The van der Waals surface area contributed by atoms with E-state index in [9.17, 15) is 4.79 Å². The average molecular weight is 438 g/mol. The van der Waals surface area contributed by atoms with Gasteiger partial charge in [0.2, 0.25) is 11.7 Å². The Labute approximate surface area is 186 Å². The molecule has 0 aliphatic heterocycles. The van der Waals surface area contributed by atoms with Crippen molar-refractivity contribution in [3.63, 3.8) is 0 Å². The lowest BCUT2D eigenvalue weighted by Gasteiger charge is -2.08. The van der Waals surface area contributed by atoms with Crippen molar-refractivity contribution in [1.29, 1.82) is 0 Å². The maximum atomic E-state index is 12.1. The van der Waals surface area contributed by atoms with E-state index >= 15 is 0 Å². The molecule has 0 fully saturated rings. The first-order valence-corrected chi connectivity index (χ1v) is 10.5. The molecule has 0 unspecified atom stereocenters. The van der Waals surface area contributed by atoms with E-state index in [1.807, 2.05) is 43.3 Å². The third-order valence-electron chi connectivity index (χ3n) is 4.47. The second kappa shape index (κ2) is 12.3. The number of oxime groups is 1. The smallest absolute Gasteiger partial charge is 0.225 e. The van der Waals surface area contributed by atoms with Crippen LogP contribution >= 0.6 is 0 Å². The monoisotopic (exact) mass is 437 g/mol. The zero-order chi connectivity index (χ0) is 22.6. The van der Waals surface area contributed by atoms with Gasteiger partial charge in [-0.15, -0.1) is 5.10 Å². The van der Waals surface area contributed by atoms with Gasteiger partial charge in [-0.3, -0.25) is 4.79 Å². The topological polar surface area (TPSA) is 116 Å². The number of pyridine rings is 1. The van der Waals surface area contributed by atoms with Gasteiger partial charge in [0.05, 0.1) is 5.69 Å². The van der Waals surface area contributed by atoms with Crippen LogP contribution in [-0.2, 0) is 28.0 Å². The zero-order valence-corrected chi connectivity index (χ0v) is 18.3. The second-order valence-corrected chi connectivity index (χ2v) is 6.92. The number of ether oxygens (including phenoxy) is 1. The predicted molar refractivity (Wildman–Crippen MR) is 119 cm³/mol. The molecule has 0 bridgehead atoms. The Morgan fingerprint density at radius 3 is 2.72 bits per heavy atom. The maximum Gasteiger partial charge on any atom is 0.225 e. The van der Waals surface area contributed by atoms with Crippen molar-refractivity contribution in [2.75, 3.05) is 18.5 Å². The van der Waals surface area contributed by atoms with E-state index in [4.69, 9.17) is 9.57 Å². The van der Waals surface area contributed by atoms with Crippen LogP contribution in [0.3, 0.4) is 0 Å². The Balaban J connectivity index is 1.59. The molecule has 3 rings (SSSR count). The number of nitrogens with one attached hydrogen (secondary N) is 1. The summed E-state index contributed by atoms with van der Waals surface area (Å²) in [5.41, 5.74) is 1.96. The number of unbranched alkanes of at least 4 members (excludes halogenated alkanes) is 1. The van der Waals surface area contributed by atoms with Gasteiger partial charge in [-0.2, -0.15) is 0 Å². The lowest BCUT2D eigenvalue weighted by Crippen LogP contribution is -2.13. The van der Waals surface area contributed by atoms with Gasteiger partial charge in [0, 0.05) is 32.2 Å². The second-order valence-electron chi connectivity index (χ2n) is 6.92. The van der Waals surface area contributed by atoms with Crippen molar-refractivity contribution in [2.45, 2.75) is 32.8 Å². The summed E-state index contributed by atoms with van der Waals surface area (Å²) in [4.78, 5) is 22.1. The molecule has 168 valence electrons. The van der Waals surface area contributed by atoms with Crippen molar-refractivity contribution in [1.82, 2.24) is 25.2 Å². The van der Waals surface area contributed by atoms with Gasteiger partial charge >= 0.3 is 0 Å². The van der Waals surface area contributed by atoms with Crippen molar-refractivity contribution < 1.29 is 14.4 Å². The Hall–Kier alpha value is -3.66. The Kier molecular flexibility index (Phi) is 8.81.